The summed E-state index contributed by atoms with van der Waals surface area (Å²) in [6.07, 6.45) is 1.54. The largest absolute Gasteiger partial charge is 0.348 e. The van der Waals surface area contributed by atoms with Crippen LogP contribution in [0.2, 0.25) is 0 Å². The van der Waals surface area contributed by atoms with Crippen LogP contribution in [0, 0.1) is 13.8 Å². The van der Waals surface area contributed by atoms with Crippen LogP contribution >= 0.6 is 11.3 Å². The number of carbonyl (C=O) groups is 1. The van der Waals surface area contributed by atoms with Crippen molar-refractivity contribution >= 4 is 17.2 Å². The molecule has 0 fully saturated rings. The molecule has 2 aromatic rings. The van der Waals surface area contributed by atoms with Crippen LogP contribution in [0.3, 0.4) is 0 Å². The molecule has 22 heavy (non-hydrogen) atoms. The molecular formula is C17H23N3OS. The maximum absolute atomic E-state index is 12.2. The highest BCUT2D eigenvalue weighted by molar-refractivity contribution is 7.09. The van der Waals surface area contributed by atoms with Crippen molar-refractivity contribution in [1.82, 2.24) is 10.3 Å². The molecule has 0 saturated heterocycles. The van der Waals surface area contributed by atoms with Gasteiger partial charge in [0.1, 0.15) is 5.69 Å². The van der Waals surface area contributed by atoms with Gasteiger partial charge in [0, 0.05) is 17.8 Å². The van der Waals surface area contributed by atoms with E-state index < -0.39 is 0 Å². The number of nitrogens with two attached hydrogens (primary N) is 1. The fraction of sp³-hybridized carbons (Fsp3) is 0.412. The minimum Gasteiger partial charge on any atom is -0.348 e. The van der Waals surface area contributed by atoms with Crippen LogP contribution in [0.1, 0.15) is 39.1 Å². The predicted molar refractivity (Wildman–Crippen MR) is 91.4 cm³/mol. The first-order chi connectivity index (χ1) is 10.5. The normalized spacial score (nSPS) is 12.2. The Bertz CT molecular complexity index is 651. The number of hydrogen-bond donors (Lipinski definition) is 2. The summed E-state index contributed by atoms with van der Waals surface area (Å²) in [6, 6.07) is 6.48. The van der Waals surface area contributed by atoms with Gasteiger partial charge in [0.05, 0.1) is 5.01 Å². The highest BCUT2D eigenvalue weighted by atomic mass is 32.1. The molecule has 1 aromatic carbocycles. The fourth-order valence-electron chi connectivity index (χ4n) is 2.41. The summed E-state index contributed by atoms with van der Waals surface area (Å²) < 4.78 is 0. The minimum absolute atomic E-state index is 0.0635. The van der Waals surface area contributed by atoms with Crippen molar-refractivity contribution < 1.29 is 4.79 Å². The van der Waals surface area contributed by atoms with Gasteiger partial charge < -0.3 is 11.1 Å². The summed E-state index contributed by atoms with van der Waals surface area (Å²) in [5.41, 5.74) is 9.78. The second-order valence-corrected chi connectivity index (χ2v) is 6.62. The number of hydrogen-bond acceptors (Lipinski definition) is 4. The van der Waals surface area contributed by atoms with Gasteiger partial charge in [0.15, 0.2) is 0 Å². The van der Waals surface area contributed by atoms with Crippen LogP contribution in [-0.2, 0) is 12.8 Å². The molecule has 3 N–H and O–H groups in total. The first-order valence-electron chi connectivity index (χ1n) is 7.51. The SMILES string of the molecule is Cc1ccc(CC(C)NC(=O)c2csc(CCN)n2)c(C)c1. The Hall–Kier alpha value is -1.72. The van der Waals surface area contributed by atoms with Crippen LogP contribution in [-0.4, -0.2) is 23.5 Å². The molecule has 118 valence electrons. The molecule has 1 amide bonds. The molecule has 0 aliphatic carbocycles. The minimum atomic E-state index is -0.114. The molecule has 0 aliphatic rings. The van der Waals surface area contributed by atoms with E-state index >= 15 is 0 Å². The van der Waals surface area contributed by atoms with Crippen LogP contribution in [0.4, 0.5) is 0 Å². The van der Waals surface area contributed by atoms with E-state index in [0.717, 1.165) is 17.8 Å². The highest BCUT2D eigenvalue weighted by Crippen LogP contribution is 2.14. The third-order valence-corrected chi connectivity index (χ3v) is 4.45. The molecule has 0 aliphatic heterocycles. The molecule has 0 radical (unpaired) electrons. The van der Waals surface area contributed by atoms with Gasteiger partial charge in [-0.1, -0.05) is 23.8 Å². The van der Waals surface area contributed by atoms with E-state index in [9.17, 15) is 4.79 Å². The van der Waals surface area contributed by atoms with E-state index in [4.69, 9.17) is 5.73 Å². The first kappa shape index (κ1) is 16.6. The summed E-state index contributed by atoms with van der Waals surface area (Å²) in [7, 11) is 0. The Morgan fingerprint density at radius 3 is 2.86 bits per heavy atom. The standard InChI is InChI=1S/C17H23N3OS/c1-11-4-5-14(12(2)8-11)9-13(3)19-17(21)15-10-22-16(20-15)6-7-18/h4-5,8,10,13H,6-7,9,18H2,1-3H3,(H,19,21). The fourth-order valence-corrected chi connectivity index (χ4v) is 3.20. The monoisotopic (exact) mass is 317 g/mol. The zero-order chi connectivity index (χ0) is 16.1. The van der Waals surface area contributed by atoms with Crippen molar-refractivity contribution in [1.29, 1.82) is 0 Å². The van der Waals surface area contributed by atoms with Crippen molar-refractivity contribution in [2.75, 3.05) is 6.54 Å². The zero-order valence-electron chi connectivity index (χ0n) is 13.3. The number of benzene rings is 1. The molecule has 2 rings (SSSR count). The zero-order valence-corrected chi connectivity index (χ0v) is 14.2. The van der Waals surface area contributed by atoms with Gasteiger partial charge in [-0.2, -0.15) is 0 Å². The maximum atomic E-state index is 12.2. The Morgan fingerprint density at radius 1 is 1.41 bits per heavy atom. The second kappa shape index (κ2) is 7.51. The number of aryl methyl sites for hydroxylation is 2. The summed E-state index contributed by atoms with van der Waals surface area (Å²) in [5, 5.41) is 5.72. The molecule has 0 spiro atoms. The van der Waals surface area contributed by atoms with Gasteiger partial charge in [-0.05, 0) is 44.9 Å². The number of nitrogens with one attached hydrogen (secondary N) is 1. The maximum Gasteiger partial charge on any atom is 0.270 e. The predicted octanol–water partition coefficient (Wildman–Crippen LogP) is 2.62. The molecule has 1 aromatic heterocycles. The lowest BCUT2D eigenvalue weighted by molar-refractivity contribution is 0.0935. The third-order valence-electron chi connectivity index (χ3n) is 3.54. The first-order valence-corrected chi connectivity index (χ1v) is 8.39. The summed E-state index contributed by atoms with van der Waals surface area (Å²) >= 11 is 1.49. The highest BCUT2D eigenvalue weighted by Gasteiger charge is 2.14. The molecule has 4 nitrogen and oxygen atoms in total. The van der Waals surface area contributed by atoms with Crippen molar-refractivity contribution in [3.63, 3.8) is 0 Å². The average molecular weight is 317 g/mol. The van der Waals surface area contributed by atoms with Gasteiger partial charge in [0.2, 0.25) is 0 Å². The van der Waals surface area contributed by atoms with E-state index in [-0.39, 0.29) is 11.9 Å². The summed E-state index contributed by atoms with van der Waals surface area (Å²) in [5.74, 6) is -0.114. The molecular weight excluding hydrogens is 294 g/mol. The smallest absolute Gasteiger partial charge is 0.270 e. The molecule has 0 saturated carbocycles. The Morgan fingerprint density at radius 2 is 2.18 bits per heavy atom. The Balaban J connectivity index is 1.95. The van der Waals surface area contributed by atoms with E-state index in [2.05, 4.69) is 42.3 Å². The van der Waals surface area contributed by atoms with Crippen LogP contribution in [0.5, 0.6) is 0 Å². The van der Waals surface area contributed by atoms with Crippen LogP contribution in [0.25, 0.3) is 0 Å². The average Bonchev–Trinajstić information content (AvgIpc) is 2.91. The van der Waals surface area contributed by atoms with E-state index in [1.165, 1.54) is 28.0 Å². The lowest BCUT2D eigenvalue weighted by Crippen LogP contribution is -2.34. The van der Waals surface area contributed by atoms with Crippen molar-refractivity contribution in [2.45, 2.75) is 39.7 Å². The third kappa shape index (κ3) is 4.39. The molecule has 1 heterocycles. The Kier molecular flexibility index (Phi) is 5.69. The lowest BCUT2D eigenvalue weighted by Gasteiger charge is -2.15. The number of amides is 1. The topological polar surface area (TPSA) is 68.0 Å². The van der Waals surface area contributed by atoms with Crippen molar-refractivity contribution in [3.05, 3.63) is 51.0 Å². The Labute approximate surface area is 135 Å². The lowest BCUT2D eigenvalue weighted by atomic mass is 10.00. The van der Waals surface area contributed by atoms with Crippen molar-refractivity contribution in [3.8, 4) is 0 Å². The second-order valence-electron chi connectivity index (χ2n) is 5.67. The van der Waals surface area contributed by atoms with E-state index in [1.807, 2.05) is 6.92 Å². The van der Waals surface area contributed by atoms with Gasteiger partial charge in [-0.3, -0.25) is 4.79 Å². The summed E-state index contributed by atoms with van der Waals surface area (Å²) in [4.78, 5) is 16.5. The van der Waals surface area contributed by atoms with Gasteiger partial charge in [-0.25, -0.2) is 4.98 Å². The molecule has 1 unspecified atom stereocenters. The molecule has 5 heteroatoms. The van der Waals surface area contributed by atoms with Gasteiger partial charge >= 0.3 is 0 Å². The summed E-state index contributed by atoms with van der Waals surface area (Å²) in [6.45, 7) is 6.77. The number of carbonyl (C=O) groups excluding carboxylic acids is 1. The number of nitrogens with zero attached hydrogens (tertiary/aromatic N) is 1. The van der Waals surface area contributed by atoms with E-state index in [0.29, 0.717) is 12.2 Å². The van der Waals surface area contributed by atoms with E-state index in [1.54, 1.807) is 5.38 Å². The van der Waals surface area contributed by atoms with Crippen LogP contribution in [0.15, 0.2) is 23.6 Å². The molecule has 1 atom stereocenters. The van der Waals surface area contributed by atoms with Crippen LogP contribution < -0.4 is 11.1 Å². The van der Waals surface area contributed by atoms with Crippen molar-refractivity contribution in [2.24, 2.45) is 5.73 Å². The number of aromatic nitrogens is 1. The quantitative estimate of drug-likeness (QED) is 0.860. The number of thiazole rings is 1. The molecule has 0 bridgehead atoms. The van der Waals surface area contributed by atoms with Gasteiger partial charge in [-0.15, -0.1) is 11.3 Å². The number of rotatable bonds is 6. The van der Waals surface area contributed by atoms with Gasteiger partial charge in [0.25, 0.3) is 5.91 Å².